The fraction of sp³-hybridized carbons (Fsp3) is 0.652. The summed E-state index contributed by atoms with van der Waals surface area (Å²) in [5, 5.41) is 19.7. The topological polar surface area (TPSA) is 74.6 Å². The predicted octanol–water partition coefficient (Wildman–Crippen LogP) is 6.25. The molecule has 0 spiro atoms. The van der Waals surface area contributed by atoms with Gasteiger partial charge in [-0.2, -0.15) is 0 Å². The Bertz CT molecular complexity index is 583. The van der Waals surface area contributed by atoms with Crippen LogP contribution in [0.5, 0.6) is 0 Å². The van der Waals surface area contributed by atoms with Gasteiger partial charge in [-0.15, -0.1) is 0 Å². The summed E-state index contributed by atoms with van der Waals surface area (Å²) in [6, 6.07) is 6.84. The van der Waals surface area contributed by atoms with Crippen LogP contribution in [0.1, 0.15) is 88.4 Å². The molecule has 1 rings (SSSR count). The number of carboxylic acid groups (broad SMARTS) is 1. The third-order valence-electron chi connectivity index (χ3n) is 5.13. The number of ketones is 1. The summed E-state index contributed by atoms with van der Waals surface area (Å²) < 4.78 is 0.860. The van der Waals surface area contributed by atoms with Crippen molar-refractivity contribution in [1.29, 1.82) is 0 Å². The molecule has 0 aliphatic heterocycles. The molecule has 5 heteroatoms. The summed E-state index contributed by atoms with van der Waals surface area (Å²) in [4.78, 5) is 23.9. The highest BCUT2D eigenvalue weighted by atomic mass is 79.9. The van der Waals surface area contributed by atoms with E-state index in [0.717, 1.165) is 29.7 Å². The Labute approximate surface area is 177 Å². The Morgan fingerprint density at radius 2 is 1.39 bits per heavy atom. The number of hydrogen-bond acceptors (Lipinski definition) is 3. The smallest absolute Gasteiger partial charge is 0.309 e. The van der Waals surface area contributed by atoms with Gasteiger partial charge in [-0.05, 0) is 24.5 Å². The minimum atomic E-state index is -1.11. The first-order valence-corrected chi connectivity index (χ1v) is 11.3. The summed E-state index contributed by atoms with van der Waals surface area (Å²) >= 11 is 3.31. The molecule has 158 valence electrons. The molecule has 0 radical (unpaired) electrons. The highest BCUT2D eigenvalue weighted by molar-refractivity contribution is 9.10. The molecule has 28 heavy (non-hydrogen) atoms. The van der Waals surface area contributed by atoms with Gasteiger partial charge in [-0.1, -0.05) is 93.3 Å². The number of Topliss-reactive ketones (excluding diaryl/α,β-unsaturated/α-hetero) is 1. The monoisotopic (exact) mass is 454 g/mol. The van der Waals surface area contributed by atoms with Crippen LogP contribution in [0.25, 0.3) is 0 Å². The zero-order valence-corrected chi connectivity index (χ0v) is 18.8. The zero-order chi connectivity index (χ0) is 20.9. The lowest BCUT2D eigenvalue weighted by Gasteiger charge is -2.18. The third-order valence-corrected chi connectivity index (χ3v) is 5.66. The number of halogens is 1. The van der Waals surface area contributed by atoms with Crippen LogP contribution in [0.4, 0.5) is 0 Å². The van der Waals surface area contributed by atoms with E-state index in [-0.39, 0.29) is 12.2 Å². The van der Waals surface area contributed by atoms with Crippen LogP contribution in [0.15, 0.2) is 28.7 Å². The van der Waals surface area contributed by atoms with Gasteiger partial charge in [-0.3, -0.25) is 9.59 Å². The van der Waals surface area contributed by atoms with E-state index >= 15 is 0 Å². The standard InChI is InChI=1S/C23H35BrO4/c1-17(2)10-8-6-4-3-5-7-9-11-21(25)20(23(27)28)16-22(26)18-12-14-19(24)15-13-18/h12-15,17,20-21,25H,3-11,16H2,1-2H3,(H,27,28)/t20-,21?/m1/s1. The molecule has 2 atom stereocenters. The first kappa shape index (κ1) is 24.8. The molecule has 0 aromatic heterocycles. The molecule has 4 nitrogen and oxygen atoms in total. The average molecular weight is 455 g/mol. The minimum Gasteiger partial charge on any atom is -0.481 e. The Kier molecular flexibility index (Phi) is 12.3. The van der Waals surface area contributed by atoms with Gasteiger partial charge in [0, 0.05) is 16.5 Å². The maximum Gasteiger partial charge on any atom is 0.309 e. The number of carbonyl (C=O) groups is 2. The lowest BCUT2D eigenvalue weighted by atomic mass is 9.90. The van der Waals surface area contributed by atoms with Gasteiger partial charge in [0.15, 0.2) is 5.78 Å². The van der Waals surface area contributed by atoms with Crippen LogP contribution in [-0.2, 0) is 4.79 Å². The van der Waals surface area contributed by atoms with Gasteiger partial charge in [0.05, 0.1) is 12.0 Å². The van der Waals surface area contributed by atoms with Crippen molar-refractivity contribution >= 4 is 27.7 Å². The van der Waals surface area contributed by atoms with Gasteiger partial charge in [0.2, 0.25) is 0 Å². The van der Waals surface area contributed by atoms with E-state index in [0.29, 0.717) is 12.0 Å². The molecule has 0 heterocycles. The van der Waals surface area contributed by atoms with E-state index in [1.54, 1.807) is 24.3 Å². The maximum absolute atomic E-state index is 12.3. The number of carboxylic acids is 1. The SMILES string of the molecule is CC(C)CCCCCCCCCC(O)[C@@H](CC(=O)c1ccc(Br)cc1)C(=O)O. The molecule has 1 aromatic carbocycles. The number of aliphatic hydroxyl groups is 1. The fourth-order valence-corrected chi connectivity index (χ4v) is 3.60. The van der Waals surface area contributed by atoms with Gasteiger partial charge < -0.3 is 10.2 Å². The second-order valence-corrected chi connectivity index (χ2v) is 9.01. The van der Waals surface area contributed by atoms with Gasteiger partial charge in [-0.25, -0.2) is 0 Å². The average Bonchev–Trinajstić information content (AvgIpc) is 2.64. The van der Waals surface area contributed by atoms with Crippen molar-refractivity contribution in [2.24, 2.45) is 11.8 Å². The molecule has 0 aliphatic carbocycles. The normalized spacial score (nSPS) is 13.5. The van der Waals surface area contributed by atoms with Crippen LogP contribution >= 0.6 is 15.9 Å². The molecular weight excluding hydrogens is 420 g/mol. The van der Waals surface area contributed by atoms with Crippen LogP contribution in [0.3, 0.4) is 0 Å². The van der Waals surface area contributed by atoms with E-state index in [1.807, 2.05) is 0 Å². The fourth-order valence-electron chi connectivity index (χ4n) is 3.33. The van der Waals surface area contributed by atoms with Crippen molar-refractivity contribution in [3.63, 3.8) is 0 Å². The third kappa shape index (κ3) is 10.4. The second kappa shape index (κ2) is 13.9. The molecule has 2 N–H and O–H groups in total. The van der Waals surface area contributed by atoms with Crippen molar-refractivity contribution in [2.45, 2.75) is 84.2 Å². The van der Waals surface area contributed by atoms with Crippen LogP contribution in [-0.4, -0.2) is 28.1 Å². The summed E-state index contributed by atoms with van der Waals surface area (Å²) in [6.45, 7) is 4.50. The Morgan fingerprint density at radius 1 is 0.893 bits per heavy atom. The molecule has 1 aromatic rings. The number of benzene rings is 1. The molecule has 0 saturated heterocycles. The van der Waals surface area contributed by atoms with Gasteiger partial charge >= 0.3 is 5.97 Å². The largest absolute Gasteiger partial charge is 0.481 e. The molecule has 0 bridgehead atoms. The lowest BCUT2D eigenvalue weighted by molar-refractivity contribution is -0.145. The summed E-state index contributed by atoms with van der Waals surface area (Å²) in [7, 11) is 0. The van der Waals surface area contributed by atoms with Crippen molar-refractivity contribution in [3.8, 4) is 0 Å². The first-order valence-electron chi connectivity index (χ1n) is 10.5. The lowest BCUT2D eigenvalue weighted by Crippen LogP contribution is -2.30. The highest BCUT2D eigenvalue weighted by Gasteiger charge is 2.29. The molecule has 0 fully saturated rings. The molecule has 0 amide bonds. The Balaban J connectivity index is 2.29. The van der Waals surface area contributed by atoms with E-state index in [9.17, 15) is 19.8 Å². The Morgan fingerprint density at radius 3 is 1.89 bits per heavy atom. The van der Waals surface area contributed by atoms with Crippen molar-refractivity contribution in [2.75, 3.05) is 0 Å². The van der Waals surface area contributed by atoms with Gasteiger partial charge in [0.25, 0.3) is 0 Å². The van der Waals surface area contributed by atoms with Crippen molar-refractivity contribution in [1.82, 2.24) is 0 Å². The summed E-state index contributed by atoms with van der Waals surface area (Å²) in [5.41, 5.74) is 0.471. The number of aliphatic hydroxyl groups excluding tert-OH is 1. The van der Waals surface area contributed by atoms with Crippen LogP contribution in [0.2, 0.25) is 0 Å². The first-order chi connectivity index (χ1) is 13.3. The van der Waals surface area contributed by atoms with Crippen molar-refractivity contribution in [3.05, 3.63) is 34.3 Å². The van der Waals surface area contributed by atoms with E-state index < -0.39 is 18.0 Å². The predicted molar refractivity (Wildman–Crippen MR) is 117 cm³/mol. The second-order valence-electron chi connectivity index (χ2n) is 8.09. The quantitative estimate of drug-likeness (QED) is 0.242. The minimum absolute atomic E-state index is 0.173. The Hall–Kier alpha value is -1.20. The number of hydrogen-bond donors (Lipinski definition) is 2. The summed E-state index contributed by atoms with van der Waals surface area (Å²) in [6.07, 6.45) is 8.48. The molecule has 1 unspecified atom stereocenters. The van der Waals surface area contributed by atoms with Gasteiger partial charge in [0.1, 0.15) is 0 Å². The van der Waals surface area contributed by atoms with E-state index in [2.05, 4.69) is 29.8 Å². The van der Waals surface area contributed by atoms with E-state index in [1.165, 1.54) is 32.1 Å². The van der Waals surface area contributed by atoms with E-state index in [4.69, 9.17) is 0 Å². The highest BCUT2D eigenvalue weighted by Crippen LogP contribution is 2.20. The summed E-state index contributed by atoms with van der Waals surface area (Å²) in [5.74, 6) is -1.63. The number of rotatable bonds is 15. The zero-order valence-electron chi connectivity index (χ0n) is 17.2. The number of aliphatic carboxylic acids is 1. The van der Waals surface area contributed by atoms with Crippen LogP contribution in [0, 0.1) is 11.8 Å². The number of carbonyl (C=O) groups excluding carboxylic acids is 1. The molecular formula is C23H35BrO4. The molecule has 0 aliphatic rings. The van der Waals surface area contributed by atoms with Crippen LogP contribution < -0.4 is 0 Å². The molecule has 0 saturated carbocycles. The number of unbranched alkanes of at least 4 members (excludes halogenated alkanes) is 6. The maximum atomic E-state index is 12.3. The van der Waals surface area contributed by atoms with Crippen molar-refractivity contribution < 1.29 is 19.8 Å².